The van der Waals surface area contributed by atoms with E-state index in [0.29, 0.717) is 39.0 Å². The van der Waals surface area contributed by atoms with E-state index in [0.717, 1.165) is 0 Å². The number of hydrogen-bond donors (Lipinski definition) is 2. The molecule has 0 aromatic heterocycles. The van der Waals surface area contributed by atoms with Gasteiger partial charge in [0.15, 0.2) is 0 Å². The zero-order valence-corrected chi connectivity index (χ0v) is 12.2. The third kappa shape index (κ3) is 3.21. The number of carbonyl (C=O) groups is 2. The van der Waals surface area contributed by atoms with Crippen LogP contribution in [0.3, 0.4) is 0 Å². The molecule has 0 radical (unpaired) electrons. The van der Waals surface area contributed by atoms with Crippen LogP contribution in [0.2, 0.25) is 0 Å². The van der Waals surface area contributed by atoms with Crippen LogP contribution in [0, 0.1) is 0 Å². The number of carboxylic acid groups (broad SMARTS) is 1. The first-order chi connectivity index (χ1) is 9.53. The summed E-state index contributed by atoms with van der Waals surface area (Å²) in [6, 6.07) is -0.335. The first-order valence-corrected chi connectivity index (χ1v) is 6.93. The molecule has 7 heteroatoms. The molecule has 7 nitrogen and oxygen atoms in total. The lowest BCUT2D eigenvalue weighted by molar-refractivity contribution is -0.148. The summed E-state index contributed by atoms with van der Waals surface area (Å²) < 4.78 is 4.95. The van der Waals surface area contributed by atoms with E-state index in [1.165, 1.54) is 16.9 Å². The van der Waals surface area contributed by atoms with Gasteiger partial charge in [0.05, 0.1) is 13.2 Å². The molecule has 0 aromatic rings. The second-order valence-electron chi connectivity index (χ2n) is 4.93. The number of aliphatic carboxylic acids is 1. The van der Waals surface area contributed by atoms with Crippen LogP contribution in [-0.4, -0.2) is 77.5 Å². The number of aliphatic hydroxyl groups is 1. The zero-order chi connectivity index (χ0) is 15.2. The molecule has 2 N–H and O–H groups in total. The van der Waals surface area contributed by atoms with Crippen molar-refractivity contribution < 1.29 is 24.5 Å². The van der Waals surface area contributed by atoms with Crippen molar-refractivity contribution in [1.82, 2.24) is 9.80 Å². The van der Waals surface area contributed by atoms with Crippen molar-refractivity contribution in [2.75, 3.05) is 40.0 Å². The topological polar surface area (TPSA) is 90.3 Å². The Hall–Kier alpha value is -1.34. The number of carbonyl (C=O) groups excluding carboxylic acids is 1. The van der Waals surface area contributed by atoms with Gasteiger partial charge in [-0.1, -0.05) is 6.92 Å². The minimum atomic E-state index is -1.11. The molecule has 1 aliphatic rings. The summed E-state index contributed by atoms with van der Waals surface area (Å²) in [5.41, 5.74) is -1.11. The van der Waals surface area contributed by atoms with E-state index in [-0.39, 0.29) is 19.2 Å². The van der Waals surface area contributed by atoms with E-state index in [1.54, 1.807) is 6.92 Å². The molecule has 1 unspecified atom stereocenters. The normalized spacial score (nSPS) is 22.1. The van der Waals surface area contributed by atoms with E-state index in [1.807, 2.05) is 0 Å². The predicted octanol–water partition coefficient (Wildman–Crippen LogP) is 0.376. The lowest BCUT2D eigenvalue weighted by atomic mass is 9.93. The summed E-state index contributed by atoms with van der Waals surface area (Å²) in [6.45, 7) is 2.93. The molecule has 1 fully saturated rings. The Bertz CT molecular complexity index is 350. The summed E-state index contributed by atoms with van der Waals surface area (Å²) in [6.07, 6.45) is 1.54. The largest absolute Gasteiger partial charge is 0.479 e. The van der Waals surface area contributed by atoms with E-state index in [4.69, 9.17) is 9.84 Å². The molecular weight excluding hydrogens is 264 g/mol. The van der Waals surface area contributed by atoms with Gasteiger partial charge in [0.2, 0.25) is 0 Å². The van der Waals surface area contributed by atoms with Crippen molar-refractivity contribution in [3.05, 3.63) is 0 Å². The van der Waals surface area contributed by atoms with Gasteiger partial charge < -0.3 is 24.7 Å². The Balaban J connectivity index is 2.88. The standard InChI is InChI=1S/C13H24N2O5/c1-3-13(11(17)18)5-4-6-15(13)12(19)14(7-9-16)8-10-20-2/h16H,3-10H2,1-2H3,(H,17,18). The van der Waals surface area contributed by atoms with Crippen LogP contribution >= 0.6 is 0 Å². The van der Waals surface area contributed by atoms with Gasteiger partial charge in [0.1, 0.15) is 5.54 Å². The first kappa shape index (κ1) is 16.7. The molecule has 116 valence electrons. The summed E-state index contributed by atoms with van der Waals surface area (Å²) in [5.74, 6) is -0.957. The molecule has 1 atom stereocenters. The maximum absolute atomic E-state index is 12.5. The number of methoxy groups -OCH3 is 1. The maximum atomic E-state index is 12.5. The van der Waals surface area contributed by atoms with Crippen molar-refractivity contribution in [2.24, 2.45) is 0 Å². The van der Waals surface area contributed by atoms with Crippen molar-refractivity contribution in [3.8, 4) is 0 Å². The fourth-order valence-corrected chi connectivity index (χ4v) is 2.69. The molecule has 1 rings (SSSR count). The van der Waals surface area contributed by atoms with Gasteiger partial charge in [-0.2, -0.15) is 0 Å². The number of ether oxygens (including phenoxy) is 1. The van der Waals surface area contributed by atoms with E-state index in [9.17, 15) is 14.7 Å². The minimum Gasteiger partial charge on any atom is -0.479 e. The van der Waals surface area contributed by atoms with Gasteiger partial charge in [-0.15, -0.1) is 0 Å². The molecule has 0 spiro atoms. The van der Waals surface area contributed by atoms with Crippen LogP contribution in [0.5, 0.6) is 0 Å². The SMILES string of the molecule is CCC1(C(=O)O)CCCN1C(=O)N(CCO)CCOC. The first-order valence-electron chi connectivity index (χ1n) is 6.93. The van der Waals surface area contributed by atoms with Gasteiger partial charge in [-0.05, 0) is 19.3 Å². The van der Waals surface area contributed by atoms with Crippen LogP contribution in [0.15, 0.2) is 0 Å². The van der Waals surface area contributed by atoms with Crippen molar-refractivity contribution >= 4 is 12.0 Å². The summed E-state index contributed by atoms with van der Waals surface area (Å²) >= 11 is 0. The molecule has 0 aliphatic carbocycles. The zero-order valence-electron chi connectivity index (χ0n) is 12.2. The van der Waals surface area contributed by atoms with Crippen LogP contribution in [0.25, 0.3) is 0 Å². The second-order valence-corrected chi connectivity index (χ2v) is 4.93. The minimum absolute atomic E-state index is 0.157. The molecule has 20 heavy (non-hydrogen) atoms. The second kappa shape index (κ2) is 7.44. The number of likely N-dealkylation sites (tertiary alicyclic amines) is 1. The van der Waals surface area contributed by atoms with Crippen LogP contribution in [0.1, 0.15) is 26.2 Å². The van der Waals surface area contributed by atoms with E-state index >= 15 is 0 Å². The van der Waals surface area contributed by atoms with E-state index in [2.05, 4.69) is 0 Å². The van der Waals surface area contributed by atoms with Gasteiger partial charge >= 0.3 is 12.0 Å². The Kier molecular flexibility index (Phi) is 6.22. The Morgan fingerprint density at radius 1 is 1.40 bits per heavy atom. The summed E-state index contributed by atoms with van der Waals surface area (Å²) in [7, 11) is 1.53. The van der Waals surface area contributed by atoms with Gasteiger partial charge in [0.25, 0.3) is 0 Å². The molecule has 2 amide bonds. The number of nitrogens with zero attached hydrogens (tertiary/aromatic N) is 2. The molecule has 1 heterocycles. The average Bonchev–Trinajstić information content (AvgIpc) is 2.87. The smallest absolute Gasteiger partial charge is 0.329 e. The van der Waals surface area contributed by atoms with Gasteiger partial charge in [-0.3, -0.25) is 0 Å². The van der Waals surface area contributed by atoms with Crippen LogP contribution in [0.4, 0.5) is 4.79 Å². The van der Waals surface area contributed by atoms with Crippen molar-refractivity contribution in [1.29, 1.82) is 0 Å². The number of rotatable bonds is 7. The third-order valence-corrected chi connectivity index (χ3v) is 3.91. The predicted molar refractivity (Wildman–Crippen MR) is 72.5 cm³/mol. The van der Waals surface area contributed by atoms with Crippen LogP contribution in [-0.2, 0) is 9.53 Å². The third-order valence-electron chi connectivity index (χ3n) is 3.91. The Morgan fingerprint density at radius 2 is 2.10 bits per heavy atom. The Labute approximate surface area is 119 Å². The van der Waals surface area contributed by atoms with Gasteiger partial charge in [0, 0.05) is 26.7 Å². The highest BCUT2D eigenvalue weighted by Crippen LogP contribution is 2.33. The molecule has 0 aromatic carbocycles. The summed E-state index contributed by atoms with van der Waals surface area (Å²) in [4.78, 5) is 27.0. The monoisotopic (exact) mass is 288 g/mol. The van der Waals surface area contributed by atoms with Crippen molar-refractivity contribution in [3.63, 3.8) is 0 Å². The molecule has 0 bridgehead atoms. The number of carboxylic acids is 1. The van der Waals surface area contributed by atoms with Gasteiger partial charge in [-0.25, -0.2) is 9.59 Å². The molecule has 1 aliphatic heterocycles. The highest BCUT2D eigenvalue weighted by Gasteiger charge is 2.49. The van der Waals surface area contributed by atoms with Crippen molar-refractivity contribution in [2.45, 2.75) is 31.7 Å². The maximum Gasteiger partial charge on any atom is 0.329 e. The van der Waals surface area contributed by atoms with E-state index < -0.39 is 11.5 Å². The number of aliphatic hydroxyl groups excluding tert-OH is 1. The fourth-order valence-electron chi connectivity index (χ4n) is 2.69. The highest BCUT2D eigenvalue weighted by atomic mass is 16.5. The molecule has 1 saturated heterocycles. The Morgan fingerprint density at radius 3 is 2.60 bits per heavy atom. The molecule has 0 saturated carbocycles. The summed E-state index contributed by atoms with van der Waals surface area (Å²) in [5, 5.41) is 18.5. The fraction of sp³-hybridized carbons (Fsp3) is 0.846. The number of urea groups is 1. The highest BCUT2D eigenvalue weighted by molar-refractivity contribution is 5.87. The number of hydrogen-bond acceptors (Lipinski definition) is 4. The lowest BCUT2D eigenvalue weighted by Gasteiger charge is -2.37. The quantitative estimate of drug-likeness (QED) is 0.706. The lowest BCUT2D eigenvalue weighted by Crippen LogP contribution is -2.57. The molecular formula is C13H24N2O5. The average molecular weight is 288 g/mol. The number of amides is 2. The van der Waals surface area contributed by atoms with Crippen LogP contribution < -0.4 is 0 Å².